The normalized spacial score (nSPS) is 22.6. The van der Waals surface area contributed by atoms with Gasteiger partial charge >= 0.3 is 6.03 Å². The van der Waals surface area contributed by atoms with Crippen molar-refractivity contribution in [3.63, 3.8) is 0 Å². The van der Waals surface area contributed by atoms with Crippen LogP contribution in [0, 0.1) is 11.8 Å². The van der Waals surface area contributed by atoms with E-state index in [2.05, 4.69) is 29.5 Å². The standard InChI is InChI=1S/C21H26ClN5O3/c1-13(2)5-8-21(19(29)24-20(30)25-21)14-6-9-26(10-7-14)18(28)16-12-27-11-15(22)3-4-17(27)23-16/h3-4,11-14H,5-10H2,1-2H3,(H2,24,25,29,30). The monoisotopic (exact) mass is 431 g/mol. The Hall–Kier alpha value is -2.61. The van der Waals surface area contributed by atoms with Crippen molar-refractivity contribution >= 4 is 35.1 Å². The number of hydrogen-bond donors (Lipinski definition) is 2. The lowest BCUT2D eigenvalue weighted by Gasteiger charge is -2.40. The molecule has 2 fully saturated rings. The maximum Gasteiger partial charge on any atom is 0.322 e. The first-order chi connectivity index (χ1) is 14.3. The number of piperidine rings is 1. The number of rotatable bonds is 5. The van der Waals surface area contributed by atoms with E-state index in [0.29, 0.717) is 54.6 Å². The maximum atomic E-state index is 13.0. The summed E-state index contributed by atoms with van der Waals surface area (Å²) in [4.78, 5) is 43.7. The van der Waals surface area contributed by atoms with Crippen molar-refractivity contribution in [1.29, 1.82) is 0 Å². The number of pyridine rings is 1. The van der Waals surface area contributed by atoms with Gasteiger partial charge in [-0.25, -0.2) is 9.78 Å². The fraction of sp³-hybridized carbons (Fsp3) is 0.524. The van der Waals surface area contributed by atoms with E-state index in [0.717, 1.165) is 6.42 Å². The van der Waals surface area contributed by atoms with Crippen LogP contribution in [0.3, 0.4) is 0 Å². The van der Waals surface area contributed by atoms with E-state index in [1.165, 1.54) is 0 Å². The van der Waals surface area contributed by atoms with Gasteiger partial charge in [0.05, 0.1) is 5.02 Å². The zero-order valence-corrected chi connectivity index (χ0v) is 17.9. The predicted molar refractivity (Wildman–Crippen MR) is 112 cm³/mol. The van der Waals surface area contributed by atoms with Crippen LogP contribution < -0.4 is 10.6 Å². The van der Waals surface area contributed by atoms with Crippen LogP contribution in [0.25, 0.3) is 5.65 Å². The number of nitrogens with zero attached hydrogens (tertiary/aromatic N) is 3. The summed E-state index contributed by atoms with van der Waals surface area (Å²) in [5, 5.41) is 5.90. The third-order valence-electron chi connectivity index (χ3n) is 6.20. The maximum absolute atomic E-state index is 13.0. The van der Waals surface area contributed by atoms with Crippen molar-refractivity contribution in [3.05, 3.63) is 35.2 Å². The summed E-state index contributed by atoms with van der Waals surface area (Å²) >= 11 is 6.01. The van der Waals surface area contributed by atoms with Crippen LogP contribution in [0.2, 0.25) is 5.02 Å². The lowest BCUT2D eigenvalue weighted by molar-refractivity contribution is -0.127. The highest BCUT2D eigenvalue weighted by Crippen LogP contribution is 2.35. The molecule has 4 amide bonds. The van der Waals surface area contributed by atoms with E-state index in [1.807, 2.05) is 0 Å². The highest BCUT2D eigenvalue weighted by atomic mass is 35.5. The van der Waals surface area contributed by atoms with Gasteiger partial charge in [0.1, 0.15) is 16.9 Å². The summed E-state index contributed by atoms with van der Waals surface area (Å²) in [5.74, 6) is 0.0450. The Morgan fingerprint density at radius 2 is 2.00 bits per heavy atom. The molecule has 160 valence electrons. The number of likely N-dealkylation sites (tertiary alicyclic amines) is 1. The first-order valence-electron chi connectivity index (χ1n) is 10.4. The number of aromatic nitrogens is 2. The SMILES string of the molecule is CC(C)CCC1(C2CCN(C(=O)c3cn4cc(Cl)ccc4n3)CC2)NC(=O)NC1=O. The quantitative estimate of drug-likeness (QED) is 0.711. The molecule has 4 heterocycles. The molecular weight excluding hydrogens is 406 g/mol. The number of halogens is 1. The molecule has 30 heavy (non-hydrogen) atoms. The molecule has 0 spiro atoms. The van der Waals surface area contributed by atoms with E-state index in [4.69, 9.17) is 11.6 Å². The van der Waals surface area contributed by atoms with Crippen LogP contribution >= 0.6 is 11.6 Å². The minimum absolute atomic E-state index is 0.00775. The fourth-order valence-corrected chi connectivity index (χ4v) is 4.66. The molecule has 0 radical (unpaired) electrons. The molecule has 1 atom stereocenters. The smallest absolute Gasteiger partial charge is 0.322 e. The Morgan fingerprint density at radius 3 is 2.63 bits per heavy atom. The average Bonchev–Trinajstić information content (AvgIpc) is 3.26. The van der Waals surface area contributed by atoms with Crippen LogP contribution in [0.15, 0.2) is 24.5 Å². The number of fused-ring (bicyclic) bond motifs is 1. The zero-order chi connectivity index (χ0) is 21.5. The van der Waals surface area contributed by atoms with Gasteiger partial charge in [-0.3, -0.25) is 14.9 Å². The van der Waals surface area contributed by atoms with Crippen LogP contribution in [0.1, 0.15) is 50.0 Å². The molecule has 2 N–H and O–H groups in total. The second kappa shape index (κ2) is 7.91. The largest absolute Gasteiger partial charge is 0.337 e. The van der Waals surface area contributed by atoms with Gasteiger partial charge in [-0.05, 0) is 49.7 Å². The lowest BCUT2D eigenvalue weighted by Crippen LogP contribution is -2.56. The summed E-state index contributed by atoms with van der Waals surface area (Å²) in [7, 11) is 0. The van der Waals surface area contributed by atoms with Crippen molar-refractivity contribution in [2.24, 2.45) is 11.8 Å². The highest BCUT2D eigenvalue weighted by molar-refractivity contribution is 6.30. The van der Waals surface area contributed by atoms with E-state index in [-0.39, 0.29) is 17.7 Å². The molecule has 2 aliphatic rings. The van der Waals surface area contributed by atoms with E-state index in [9.17, 15) is 14.4 Å². The molecule has 8 nitrogen and oxygen atoms in total. The second-order valence-corrected chi connectivity index (χ2v) is 9.05. The van der Waals surface area contributed by atoms with Crippen molar-refractivity contribution in [3.8, 4) is 0 Å². The Kier molecular flexibility index (Phi) is 5.44. The Morgan fingerprint density at radius 1 is 1.27 bits per heavy atom. The summed E-state index contributed by atoms with van der Waals surface area (Å²) in [5.41, 5.74) is 0.156. The van der Waals surface area contributed by atoms with Crippen LogP contribution in [0.5, 0.6) is 0 Å². The van der Waals surface area contributed by atoms with E-state index < -0.39 is 11.6 Å². The van der Waals surface area contributed by atoms with Gasteiger partial charge in [-0.15, -0.1) is 0 Å². The van der Waals surface area contributed by atoms with Crippen LogP contribution in [-0.2, 0) is 4.79 Å². The van der Waals surface area contributed by atoms with Gasteiger partial charge < -0.3 is 14.6 Å². The fourth-order valence-electron chi connectivity index (χ4n) is 4.49. The molecule has 0 aliphatic carbocycles. The molecule has 1 unspecified atom stereocenters. The molecule has 2 aliphatic heterocycles. The number of hydrogen-bond acceptors (Lipinski definition) is 4. The molecular formula is C21H26ClN5O3. The van der Waals surface area contributed by atoms with Gasteiger partial charge in [-0.2, -0.15) is 0 Å². The zero-order valence-electron chi connectivity index (χ0n) is 17.2. The van der Waals surface area contributed by atoms with Crippen LogP contribution in [-0.4, -0.2) is 50.8 Å². The Bertz CT molecular complexity index is 996. The lowest BCUT2D eigenvalue weighted by atomic mass is 9.74. The summed E-state index contributed by atoms with van der Waals surface area (Å²) in [6.45, 7) is 5.24. The number of imide groups is 1. The molecule has 9 heteroatoms. The van der Waals surface area contributed by atoms with Crippen molar-refractivity contribution in [2.45, 2.75) is 45.1 Å². The molecule has 2 aromatic rings. The van der Waals surface area contributed by atoms with Crippen LogP contribution in [0.4, 0.5) is 4.79 Å². The first-order valence-corrected chi connectivity index (χ1v) is 10.7. The number of carbonyl (C=O) groups is 3. The molecule has 0 bridgehead atoms. The predicted octanol–water partition coefficient (Wildman–Crippen LogP) is 2.85. The van der Waals surface area contributed by atoms with Gasteiger partial charge in [0.15, 0.2) is 0 Å². The Labute approximate surface area is 180 Å². The van der Waals surface area contributed by atoms with Gasteiger partial charge in [0.25, 0.3) is 11.8 Å². The number of urea groups is 1. The molecule has 2 aromatic heterocycles. The first kappa shape index (κ1) is 20.7. The third kappa shape index (κ3) is 3.76. The topological polar surface area (TPSA) is 95.8 Å². The number of nitrogens with one attached hydrogen (secondary N) is 2. The van der Waals surface area contributed by atoms with E-state index in [1.54, 1.807) is 33.8 Å². The van der Waals surface area contributed by atoms with Crippen molar-refractivity contribution < 1.29 is 14.4 Å². The minimum Gasteiger partial charge on any atom is -0.337 e. The van der Waals surface area contributed by atoms with Gasteiger partial charge in [0.2, 0.25) is 0 Å². The second-order valence-electron chi connectivity index (χ2n) is 8.62. The molecule has 4 rings (SSSR count). The Balaban J connectivity index is 1.47. The van der Waals surface area contributed by atoms with Crippen molar-refractivity contribution in [2.75, 3.05) is 13.1 Å². The minimum atomic E-state index is -0.879. The number of amides is 4. The summed E-state index contributed by atoms with van der Waals surface area (Å²) in [6.07, 6.45) is 6.15. The molecule has 0 saturated carbocycles. The summed E-state index contributed by atoms with van der Waals surface area (Å²) in [6, 6.07) is 3.08. The van der Waals surface area contributed by atoms with E-state index >= 15 is 0 Å². The highest BCUT2D eigenvalue weighted by Gasteiger charge is 2.52. The molecule has 0 aromatic carbocycles. The van der Waals surface area contributed by atoms with Crippen molar-refractivity contribution in [1.82, 2.24) is 24.9 Å². The van der Waals surface area contributed by atoms with Gasteiger partial charge in [0, 0.05) is 25.5 Å². The van der Waals surface area contributed by atoms with Gasteiger partial charge in [-0.1, -0.05) is 25.4 Å². The molecule has 2 saturated heterocycles. The number of carbonyl (C=O) groups excluding carboxylic acids is 3. The number of imidazole rings is 1. The average molecular weight is 432 g/mol. The third-order valence-corrected chi connectivity index (χ3v) is 6.42. The summed E-state index contributed by atoms with van der Waals surface area (Å²) < 4.78 is 1.74.